The largest absolute Gasteiger partial charge is 0.508 e. The zero-order valence-corrected chi connectivity index (χ0v) is 13.6. The van der Waals surface area contributed by atoms with Crippen LogP contribution < -0.4 is 5.63 Å². The van der Waals surface area contributed by atoms with Gasteiger partial charge in [0.2, 0.25) is 0 Å². The van der Waals surface area contributed by atoms with Crippen molar-refractivity contribution >= 4 is 21.7 Å². The lowest BCUT2D eigenvalue weighted by molar-refractivity contribution is 0.461. The van der Waals surface area contributed by atoms with Crippen LogP contribution in [0.15, 0.2) is 63.8 Å². The Morgan fingerprint density at radius 3 is 2.52 bits per heavy atom. The van der Waals surface area contributed by atoms with E-state index in [9.17, 15) is 15.0 Å². The van der Waals surface area contributed by atoms with E-state index in [4.69, 9.17) is 4.42 Å². The average molecular weight is 332 g/mol. The summed E-state index contributed by atoms with van der Waals surface area (Å²) in [6.45, 7) is 1.91. The molecule has 0 radical (unpaired) electrons. The molecule has 4 heteroatoms. The minimum absolute atomic E-state index is 0.0514. The van der Waals surface area contributed by atoms with Crippen LogP contribution in [0.3, 0.4) is 0 Å². The minimum atomic E-state index is -0.634. The van der Waals surface area contributed by atoms with Crippen LogP contribution in [0.2, 0.25) is 0 Å². The molecule has 124 valence electrons. The van der Waals surface area contributed by atoms with E-state index in [2.05, 4.69) is 0 Å². The van der Waals surface area contributed by atoms with E-state index >= 15 is 0 Å². The molecule has 0 aliphatic carbocycles. The molecule has 0 saturated heterocycles. The van der Waals surface area contributed by atoms with Crippen molar-refractivity contribution in [2.75, 3.05) is 0 Å². The molecule has 4 aromatic rings. The first-order valence-electron chi connectivity index (χ1n) is 8.10. The number of phenolic OH excluding ortho intramolecular Hbond substituents is 1. The summed E-state index contributed by atoms with van der Waals surface area (Å²) < 4.78 is 5.38. The smallest absolute Gasteiger partial charge is 0.348 e. The number of aromatic hydroxyl groups is 2. The predicted molar refractivity (Wildman–Crippen MR) is 98.1 cm³/mol. The van der Waals surface area contributed by atoms with Gasteiger partial charge in [-0.05, 0) is 28.8 Å². The molecule has 4 rings (SSSR count). The zero-order chi connectivity index (χ0) is 17.6. The van der Waals surface area contributed by atoms with E-state index in [0.29, 0.717) is 22.9 Å². The molecule has 0 amide bonds. The van der Waals surface area contributed by atoms with Crippen LogP contribution in [0, 0.1) is 0 Å². The fraction of sp³-hybridized carbons (Fsp3) is 0.0952. The average Bonchev–Trinajstić information content (AvgIpc) is 2.61. The second kappa shape index (κ2) is 5.67. The lowest BCUT2D eigenvalue weighted by atomic mass is 9.97. The van der Waals surface area contributed by atoms with Gasteiger partial charge in [0, 0.05) is 11.6 Å². The molecule has 0 saturated carbocycles. The number of hydrogen-bond acceptors (Lipinski definition) is 4. The van der Waals surface area contributed by atoms with Gasteiger partial charge in [0.05, 0.1) is 5.39 Å². The first-order chi connectivity index (χ1) is 12.1. The molecule has 0 bridgehead atoms. The third kappa shape index (κ3) is 2.34. The lowest BCUT2D eigenvalue weighted by Gasteiger charge is -2.11. The van der Waals surface area contributed by atoms with Crippen molar-refractivity contribution in [3.05, 3.63) is 70.6 Å². The summed E-state index contributed by atoms with van der Waals surface area (Å²) in [6.07, 6.45) is 0.601. The van der Waals surface area contributed by atoms with Crippen molar-refractivity contribution in [1.82, 2.24) is 0 Å². The Morgan fingerprint density at radius 2 is 1.72 bits per heavy atom. The summed E-state index contributed by atoms with van der Waals surface area (Å²) >= 11 is 0. The van der Waals surface area contributed by atoms with Crippen LogP contribution >= 0.6 is 0 Å². The monoisotopic (exact) mass is 332 g/mol. The van der Waals surface area contributed by atoms with Crippen molar-refractivity contribution in [2.24, 2.45) is 0 Å². The first-order valence-corrected chi connectivity index (χ1v) is 8.10. The standard InChI is InChI=1S/C21H16O4/c1-2-12-10-16-18(11-17(12)22)25-21(24)19(20(16)23)15-9-5-7-13-6-3-4-8-14(13)15/h3-11,22-23H,2H2,1H3. The lowest BCUT2D eigenvalue weighted by Crippen LogP contribution is -2.04. The van der Waals surface area contributed by atoms with Gasteiger partial charge in [-0.1, -0.05) is 49.4 Å². The van der Waals surface area contributed by atoms with E-state index in [1.807, 2.05) is 43.3 Å². The van der Waals surface area contributed by atoms with Crippen LogP contribution in [-0.4, -0.2) is 10.2 Å². The molecule has 3 aromatic carbocycles. The van der Waals surface area contributed by atoms with E-state index in [1.54, 1.807) is 12.1 Å². The van der Waals surface area contributed by atoms with Gasteiger partial charge >= 0.3 is 5.63 Å². The van der Waals surface area contributed by atoms with Gasteiger partial charge in [-0.2, -0.15) is 0 Å². The van der Waals surface area contributed by atoms with Crippen molar-refractivity contribution in [3.8, 4) is 22.6 Å². The highest BCUT2D eigenvalue weighted by Crippen LogP contribution is 2.38. The fourth-order valence-corrected chi connectivity index (χ4v) is 3.23. The molecule has 25 heavy (non-hydrogen) atoms. The third-order valence-corrected chi connectivity index (χ3v) is 4.52. The second-order valence-electron chi connectivity index (χ2n) is 5.97. The summed E-state index contributed by atoms with van der Waals surface area (Å²) in [5.74, 6) is -0.0761. The van der Waals surface area contributed by atoms with E-state index < -0.39 is 5.63 Å². The van der Waals surface area contributed by atoms with Gasteiger partial charge in [0.15, 0.2) is 0 Å². The van der Waals surface area contributed by atoms with Crippen molar-refractivity contribution < 1.29 is 14.6 Å². The number of benzene rings is 3. The molecule has 2 N–H and O–H groups in total. The predicted octanol–water partition coefficient (Wildman–Crippen LogP) is 4.59. The molecular formula is C21H16O4. The summed E-state index contributed by atoms with van der Waals surface area (Å²) in [5, 5.41) is 23.0. The topological polar surface area (TPSA) is 70.7 Å². The summed E-state index contributed by atoms with van der Waals surface area (Å²) in [7, 11) is 0. The van der Waals surface area contributed by atoms with Crippen LogP contribution in [0.5, 0.6) is 11.5 Å². The molecule has 0 aliphatic rings. The van der Waals surface area contributed by atoms with Gasteiger partial charge in [-0.15, -0.1) is 0 Å². The number of hydrogen-bond donors (Lipinski definition) is 2. The van der Waals surface area contributed by atoms with Gasteiger partial charge in [0.1, 0.15) is 22.6 Å². The summed E-state index contributed by atoms with van der Waals surface area (Å²) in [4.78, 5) is 12.6. The van der Waals surface area contributed by atoms with Gasteiger partial charge in [-0.25, -0.2) is 4.79 Å². The summed E-state index contributed by atoms with van der Waals surface area (Å²) in [5.41, 5.74) is 0.973. The van der Waals surface area contributed by atoms with Crippen molar-refractivity contribution in [3.63, 3.8) is 0 Å². The molecule has 0 atom stereocenters. The highest BCUT2D eigenvalue weighted by molar-refractivity contribution is 6.01. The van der Waals surface area contributed by atoms with Crippen LogP contribution in [0.4, 0.5) is 0 Å². The quantitative estimate of drug-likeness (QED) is 0.527. The Bertz CT molecular complexity index is 1170. The Hall–Kier alpha value is -3.27. The first kappa shape index (κ1) is 15.3. The molecule has 1 heterocycles. The number of phenols is 1. The van der Waals surface area contributed by atoms with Crippen LogP contribution in [-0.2, 0) is 6.42 Å². The Labute approximate surface area is 143 Å². The normalized spacial score (nSPS) is 11.2. The SMILES string of the molecule is CCc1cc2c(O)c(-c3cccc4ccccc34)c(=O)oc2cc1O. The Morgan fingerprint density at radius 1 is 0.960 bits per heavy atom. The maximum Gasteiger partial charge on any atom is 0.348 e. The third-order valence-electron chi connectivity index (χ3n) is 4.52. The van der Waals surface area contributed by atoms with Gasteiger partial charge in [-0.3, -0.25) is 0 Å². The maximum atomic E-state index is 12.6. The van der Waals surface area contributed by atoms with Crippen LogP contribution in [0.25, 0.3) is 32.9 Å². The van der Waals surface area contributed by atoms with Gasteiger partial charge in [0.25, 0.3) is 0 Å². The van der Waals surface area contributed by atoms with E-state index in [0.717, 1.165) is 10.8 Å². The molecule has 0 fully saturated rings. The number of fused-ring (bicyclic) bond motifs is 2. The molecule has 0 aliphatic heterocycles. The molecular weight excluding hydrogens is 316 g/mol. The second-order valence-corrected chi connectivity index (χ2v) is 5.97. The highest BCUT2D eigenvalue weighted by atomic mass is 16.4. The van der Waals surface area contributed by atoms with E-state index in [-0.39, 0.29) is 22.6 Å². The van der Waals surface area contributed by atoms with E-state index in [1.165, 1.54) is 6.07 Å². The Balaban J connectivity index is 2.11. The molecule has 0 unspecified atom stereocenters. The fourth-order valence-electron chi connectivity index (χ4n) is 3.23. The molecule has 1 aromatic heterocycles. The van der Waals surface area contributed by atoms with Crippen molar-refractivity contribution in [2.45, 2.75) is 13.3 Å². The van der Waals surface area contributed by atoms with Gasteiger partial charge < -0.3 is 14.6 Å². The molecule has 0 spiro atoms. The Kier molecular flexibility index (Phi) is 3.46. The molecule has 4 nitrogen and oxygen atoms in total. The number of rotatable bonds is 2. The highest BCUT2D eigenvalue weighted by Gasteiger charge is 2.19. The maximum absolute atomic E-state index is 12.6. The van der Waals surface area contributed by atoms with Crippen molar-refractivity contribution in [1.29, 1.82) is 0 Å². The zero-order valence-electron chi connectivity index (χ0n) is 13.6. The summed E-state index contributed by atoms with van der Waals surface area (Å²) in [6, 6.07) is 16.3. The van der Waals surface area contributed by atoms with Crippen LogP contribution in [0.1, 0.15) is 12.5 Å². The number of aryl methyl sites for hydroxylation is 1. The minimum Gasteiger partial charge on any atom is -0.508 e.